The lowest BCUT2D eigenvalue weighted by Gasteiger charge is -2.26. The Morgan fingerprint density at radius 2 is 1.95 bits per heavy atom. The maximum absolute atomic E-state index is 11.4. The molecule has 22 heavy (non-hydrogen) atoms. The van der Waals surface area contributed by atoms with E-state index in [1.807, 2.05) is 24.3 Å². The third-order valence-electron chi connectivity index (χ3n) is 3.05. The zero-order valence-electron chi connectivity index (χ0n) is 12.6. The van der Waals surface area contributed by atoms with Crippen molar-refractivity contribution in [2.75, 3.05) is 23.9 Å². The van der Waals surface area contributed by atoms with Gasteiger partial charge in [-0.3, -0.25) is 0 Å². The summed E-state index contributed by atoms with van der Waals surface area (Å²) in [5, 5.41) is 4.23. The molecular formula is C14H19ClN4O2S. The van der Waals surface area contributed by atoms with E-state index in [1.54, 1.807) is 13.8 Å². The number of nitrogens with zero attached hydrogens (tertiary/aromatic N) is 1. The first-order chi connectivity index (χ1) is 10.1. The van der Waals surface area contributed by atoms with Crippen LogP contribution in [0, 0.1) is 0 Å². The molecule has 0 saturated carbocycles. The van der Waals surface area contributed by atoms with Crippen LogP contribution in [-0.4, -0.2) is 31.7 Å². The van der Waals surface area contributed by atoms with Gasteiger partial charge in [0.25, 0.3) is 0 Å². The molecule has 0 aliphatic carbocycles. The molecule has 0 aliphatic rings. The number of halogens is 1. The highest BCUT2D eigenvalue weighted by Crippen LogP contribution is 2.33. The van der Waals surface area contributed by atoms with E-state index in [2.05, 4.69) is 15.0 Å². The predicted molar refractivity (Wildman–Crippen MR) is 91.7 cm³/mol. The lowest BCUT2D eigenvalue weighted by molar-refractivity contribution is 0.476. The topological polar surface area (TPSA) is 97.1 Å². The van der Waals surface area contributed by atoms with Crippen LogP contribution in [0.2, 0.25) is 5.15 Å². The average molecular weight is 343 g/mol. The summed E-state index contributed by atoms with van der Waals surface area (Å²) in [5.41, 5.74) is 7.04. The fourth-order valence-electron chi connectivity index (χ4n) is 2.23. The van der Waals surface area contributed by atoms with E-state index in [1.165, 1.54) is 0 Å². The molecule has 120 valence electrons. The predicted octanol–water partition coefficient (Wildman–Crippen LogP) is 2.21. The van der Waals surface area contributed by atoms with Gasteiger partial charge >= 0.3 is 0 Å². The van der Waals surface area contributed by atoms with E-state index in [0.29, 0.717) is 17.9 Å². The van der Waals surface area contributed by atoms with Crippen LogP contribution < -0.4 is 15.8 Å². The highest BCUT2D eigenvalue weighted by molar-refractivity contribution is 7.88. The lowest BCUT2D eigenvalue weighted by atomic mass is 10.1. The van der Waals surface area contributed by atoms with Crippen molar-refractivity contribution in [1.82, 2.24) is 9.71 Å². The van der Waals surface area contributed by atoms with Gasteiger partial charge in [-0.25, -0.2) is 18.1 Å². The number of sulfonamides is 1. The van der Waals surface area contributed by atoms with Crippen LogP contribution in [-0.2, 0) is 10.0 Å². The van der Waals surface area contributed by atoms with Crippen LogP contribution in [0.5, 0.6) is 0 Å². The molecule has 0 fully saturated rings. The number of aromatic nitrogens is 1. The first-order valence-corrected chi connectivity index (χ1v) is 8.92. The molecular weight excluding hydrogens is 324 g/mol. The van der Waals surface area contributed by atoms with Crippen LogP contribution in [0.1, 0.15) is 13.8 Å². The Morgan fingerprint density at radius 1 is 1.32 bits per heavy atom. The van der Waals surface area contributed by atoms with E-state index in [-0.39, 0.29) is 5.15 Å². The number of nitrogens with one attached hydrogen (secondary N) is 2. The van der Waals surface area contributed by atoms with Crippen LogP contribution in [0.4, 0.5) is 11.4 Å². The number of nitrogens with two attached hydrogens (primary N) is 1. The smallest absolute Gasteiger partial charge is 0.209 e. The largest absolute Gasteiger partial charge is 0.395 e. The third-order valence-corrected chi connectivity index (χ3v) is 4.26. The molecule has 0 spiro atoms. The van der Waals surface area contributed by atoms with Crippen molar-refractivity contribution >= 4 is 43.9 Å². The first kappa shape index (κ1) is 16.8. The van der Waals surface area contributed by atoms with Crippen LogP contribution in [0.3, 0.4) is 0 Å². The van der Waals surface area contributed by atoms with Crippen molar-refractivity contribution in [2.24, 2.45) is 0 Å². The van der Waals surface area contributed by atoms with E-state index in [0.717, 1.165) is 17.2 Å². The second-order valence-electron chi connectivity index (χ2n) is 5.82. The van der Waals surface area contributed by atoms with Gasteiger partial charge in [-0.2, -0.15) is 0 Å². The van der Waals surface area contributed by atoms with Crippen molar-refractivity contribution in [3.05, 3.63) is 29.4 Å². The highest BCUT2D eigenvalue weighted by atomic mass is 35.5. The summed E-state index contributed by atoms with van der Waals surface area (Å²) in [4.78, 5) is 4.23. The minimum absolute atomic E-state index is 0.218. The maximum atomic E-state index is 11.4. The molecule has 0 bridgehead atoms. The third kappa shape index (κ3) is 4.00. The molecule has 0 saturated heterocycles. The minimum Gasteiger partial charge on any atom is -0.395 e. The highest BCUT2D eigenvalue weighted by Gasteiger charge is 2.23. The molecule has 0 aliphatic heterocycles. The SMILES string of the molecule is CC(C)(CNc1c(N)c(Cl)nc2ccccc12)NS(C)(=O)=O. The maximum Gasteiger partial charge on any atom is 0.209 e. The number of nitrogen functional groups attached to an aromatic ring is 1. The van der Waals surface area contributed by atoms with Gasteiger partial charge in [0.05, 0.1) is 23.1 Å². The Balaban J connectivity index is 2.34. The summed E-state index contributed by atoms with van der Waals surface area (Å²) < 4.78 is 25.4. The molecule has 1 aromatic carbocycles. The number of rotatable bonds is 5. The van der Waals surface area contributed by atoms with Gasteiger partial charge in [-0.05, 0) is 19.9 Å². The van der Waals surface area contributed by atoms with Crippen LogP contribution >= 0.6 is 11.6 Å². The average Bonchev–Trinajstić information content (AvgIpc) is 2.36. The molecule has 4 N–H and O–H groups in total. The van der Waals surface area contributed by atoms with Gasteiger partial charge in [0.1, 0.15) is 0 Å². The summed E-state index contributed by atoms with van der Waals surface area (Å²) in [6.07, 6.45) is 1.13. The van der Waals surface area contributed by atoms with Crippen LogP contribution in [0.25, 0.3) is 10.9 Å². The molecule has 6 nitrogen and oxygen atoms in total. The van der Waals surface area contributed by atoms with Crippen molar-refractivity contribution in [2.45, 2.75) is 19.4 Å². The second kappa shape index (κ2) is 5.91. The quantitative estimate of drug-likeness (QED) is 0.724. The summed E-state index contributed by atoms with van der Waals surface area (Å²) in [7, 11) is -3.31. The van der Waals surface area contributed by atoms with E-state index in [9.17, 15) is 8.42 Å². The van der Waals surface area contributed by atoms with Crippen LogP contribution in [0.15, 0.2) is 24.3 Å². The summed E-state index contributed by atoms with van der Waals surface area (Å²) in [5.74, 6) is 0. The molecule has 1 heterocycles. The number of fused-ring (bicyclic) bond motifs is 1. The van der Waals surface area contributed by atoms with E-state index >= 15 is 0 Å². The molecule has 1 aromatic heterocycles. The Bertz CT molecular complexity index is 806. The number of anilines is 2. The number of benzene rings is 1. The Kier molecular flexibility index (Phi) is 4.51. The lowest BCUT2D eigenvalue weighted by Crippen LogP contribution is -2.47. The van der Waals surface area contributed by atoms with E-state index < -0.39 is 15.6 Å². The Hall–Kier alpha value is -1.57. The molecule has 0 radical (unpaired) electrons. The van der Waals surface area contributed by atoms with Crippen molar-refractivity contribution in [3.63, 3.8) is 0 Å². The first-order valence-electron chi connectivity index (χ1n) is 6.66. The normalized spacial score (nSPS) is 12.5. The molecule has 2 aromatic rings. The molecule has 8 heteroatoms. The molecule has 0 unspecified atom stereocenters. The van der Waals surface area contributed by atoms with E-state index in [4.69, 9.17) is 17.3 Å². The van der Waals surface area contributed by atoms with Crippen molar-refractivity contribution < 1.29 is 8.42 Å². The fourth-order valence-corrected chi connectivity index (χ4v) is 3.50. The Morgan fingerprint density at radius 3 is 2.59 bits per heavy atom. The zero-order chi connectivity index (χ0) is 16.5. The molecule has 0 atom stereocenters. The standard InChI is InChI=1S/C14H19ClN4O2S/c1-14(2,19-22(3,20)21)8-17-12-9-6-4-5-7-10(9)18-13(15)11(12)16/h4-7,19H,8,16H2,1-3H3,(H,17,18). The zero-order valence-corrected chi connectivity index (χ0v) is 14.2. The van der Waals surface area contributed by atoms with Crippen molar-refractivity contribution in [1.29, 1.82) is 0 Å². The molecule has 2 rings (SSSR count). The monoisotopic (exact) mass is 342 g/mol. The number of para-hydroxylation sites is 1. The van der Waals surface area contributed by atoms with Gasteiger partial charge in [0.2, 0.25) is 10.0 Å². The van der Waals surface area contributed by atoms with Gasteiger partial charge in [0.15, 0.2) is 5.15 Å². The second-order valence-corrected chi connectivity index (χ2v) is 7.93. The number of hydrogen-bond acceptors (Lipinski definition) is 5. The summed E-state index contributed by atoms with van der Waals surface area (Å²) in [6.45, 7) is 3.90. The fraction of sp³-hybridized carbons (Fsp3) is 0.357. The number of pyridine rings is 1. The van der Waals surface area contributed by atoms with Gasteiger partial charge in [-0.15, -0.1) is 0 Å². The number of hydrogen-bond donors (Lipinski definition) is 3. The van der Waals surface area contributed by atoms with Crippen molar-refractivity contribution in [3.8, 4) is 0 Å². The minimum atomic E-state index is -3.31. The van der Waals surface area contributed by atoms with Gasteiger partial charge < -0.3 is 11.1 Å². The molecule has 0 amide bonds. The van der Waals surface area contributed by atoms with Gasteiger partial charge in [-0.1, -0.05) is 29.8 Å². The van der Waals surface area contributed by atoms with Gasteiger partial charge in [0, 0.05) is 17.5 Å². The Labute approximate surface area is 135 Å². The summed E-state index contributed by atoms with van der Waals surface area (Å²) in [6, 6.07) is 7.46. The summed E-state index contributed by atoms with van der Waals surface area (Å²) >= 11 is 6.06.